The number of rotatable bonds is 6. The fraction of sp³-hybridized carbons (Fsp3) is 0.288. The van der Waals surface area contributed by atoms with E-state index in [0.29, 0.717) is 61.6 Å². The third kappa shape index (κ3) is 9.18. The predicted octanol–water partition coefficient (Wildman–Crippen LogP) is 15.8. The van der Waals surface area contributed by atoms with Crippen molar-refractivity contribution in [1.82, 2.24) is 14.5 Å². The van der Waals surface area contributed by atoms with Crippen LogP contribution in [0.2, 0.25) is 0 Å². The van der Waals surface area contributed by atoms with Crippen LogP contribution in [0.4, 0.5) is 0 Å². The van der Waals surface area contributed by atoms with Crippen LogP contribution in [0.15, 0.2) is 134 Å². The normalized spacial score (nSPS) is 16.0. The summed E-state index contributed by atoms with van der Waals surface area (Å²) in [6.07, 6.45) is 1.62. The number of para-hydroxylation sites is 1. The van der Waals surface area contributed by atoms with Crippen molar-refractivity contribution in [1.29, 1.82) is 0 Å². The Labute approximate surface area is 413 Å². The number of nitrogens with zero attached hydrogens (tertiary/aromatic N) is 3. The van der Waals surface area contributed by atoms with E-state index in [1.165, 1.54) is 24.3 Å². The summed E-state index contributed by atoms with van der Waals surface area (Å²) in [6.45, 7) is 6.00. The van der Waals surface area contributed by atoms with Gasteiger partial charge in [-0.25, -0.2) is 4.98 Å². The van der Waals surface area contributed by atoms with E-state index in [0.717, 1.165) is 27.8 Å². The van der Waals surface area contributed by atoms with Gasteiger partial charge in [-0.15, -0.1) is 29.3 Å². The largest absolute Gasteiger partial charge is 0.507 e. The molecule has 0 saturated heterocycles. The summed E-state index contributed by atoms with van der Waals surface area (Å²) in [7, 11) is 0. The number of hydrogen-bond acceptors (Lipinski definition) is 3. The second-order valence-corrected chi connectivity index (χ2v) is 19.7. The van der Waals surface area contributed by atoms with E-state index in [9.17, 15) is 5.11 Å². The molecule has 0 aliphatic carbocycles. The van der Waals surface area contributed by atoms with Crippen LogP contribution < -0.4 is 0 Å². The first-order valence-electron chi connectivity index (χ1n) is 27.3. The Kier molecular flexibility index (Phi) is 8.81. The fourth-order valence-electron chi connectivity index (χ4n) is 8.05. The summed E-state index contributed by atoms with van der Waals surface area (Å²) >= 11 is 0. The van der Waals surface area contributed by atoms with Gasteiger partial charge < -0.3 is 5.11 Å². The van der Waals surface area contributed by atoms with Crippen molar-refractivity contribution in [2.24, 2.45) is 0 Å². The molecule has 64 heavy (non-hydrogen) atoms. The van der Waals surface area contributed by atoms with Crippen LogP contribution in [0.25, 0.3) is 72.7 Å². The average molecular weight is 1040 g/mol. The quantitative estimate of drug-likeness (QED) is 0.169. The van der Waals surface area contributed by atoms with Gasteiger partial charge in [0.05, 0.1) is 22.3 Å². The molecule has 0 atom stereocenters. The van der Waals surface area contributed by atoms with Crippen LogP contribution in [0.3, 0.4) is 0 Å². The molecule has 6 aromatic carbocycles. The van der Waals surface area contributed by atoms with Crippen molar-refractivity contribution >= 4 is 11.0 Å². The van der Waals surface area contributed by atoms with Gasteiger partial charge in [0.1, 0.15) is 11.6 Å². The van der Waals surface area contributed by atoms with E-state index < -0.39 is 38.2 Å². The summed E-state index contributed by atoms with van der Waals surface area (Å²) in [5.74, 6) is 0.395. The first-order valence-corrected chi connectivity index (χ1v) is 21.3. The molecule has 0 saturated carbocycles. The third-order valence-corrected chi connectivity index (χ3v) is 11.8. The number of hydrogen-bond donors (Lipinski definition) is 1. The van der Waals surface area contributed by atoms with Crippen LogP contribution in [-0.4, -0.2) is 19.6 Å². The van der Waals surface area contributed by atoms with Gasteiger partial charge in [-0.3, -0.25) is 9.55 Å². The Bertz CT molecular complexity index is 3410. The number of fused-ring (bicyclic) bond motifs is 1. The number of phenols is 1. The van der Waals surface area contributed by atoms with E-state index in [2.05, 4.69) is 53.7 Å². The monoisotopic (exact) mass is 1040 g/mol. The van der Waals surface area contributed by atoms with Crippen molar-refractivity contribution < 1.29 is 42.6 Å². The molecule has 0 amide bonds. The van der Waals surface area contributed by atoms with Crippen LogP contribution in [-0.2, 0) is 42.7 Å². The second kappa shape index (κ2) is 17.1. The molecule has 4 nitrogen and oxygen atoms in total. The molecule has 0 unspecified atom stereocenters. The van der Waals surface area contributed by atoms with Crippen LogP contribution in [0.1, 0.15) is 127 Å². The minimum absolute atomic E-state index is 0. The van der Waals surface area contributed by atoms with Crippen molar-refractivity contribution in [3.63, 3.8) is 0 Å². The summed E-state index contributed by atoms with van der Waals surface area (Å²) in [6, 6.07) is 41.7. The maximum Gasteiger partial charge on any atom is 0.148 e. The molecule has 0 fully saturated rings. The number of pyridine rings is 1. The van der Waals surface area contributed by atoms with Gasteiger partial charge in [0.2, 0.25) is 0 Å². The van der Waals surface area contributed by atoms with E-state index in [1.807, 2.05) is 110 Å². The molecule has 0 aliphatic heterocycles. The van der Waals surface area contributed by atoms with Gasteiger partial charge in [0.15, 0.2) is 0 Å². The molecular formula is C59H62N3OPt-. The average Bonchev–Trinajstić information content (AvgIpc) is 3.69. The molecule has 8 aromatic rings. The zero-order valence-corrected chi connectivity index (χ0v) is 40.1. The molecule has 0 aliphatic rings. The number of aryl methyl sites for hydroxylation is 1. The Morgan fingerprint density at radius 2 is 1.20 bits per heavy atom. The minimum atomic E-state index is -3.39. The van der Waals surface area contributed by atoms with Gasteiger partial charge in [0.25, 0.3) is 0 Å². The Morgan fingerprint density at radius 3 is 1.86 bits per heavy atom. The topological polar surface area (TPSA) is 50.9 Å². The maximum atomic E-state index is 12.5. The standard InChI is InChI=1S/C59H62N3O.Pt/c1-37-30-40(38-18-15-14-16-19-38)24-27-51(37)62-52-21-17-20-47(53(52)61-55(62)48-35-46(58(8,9)10)36-49(54(48)63)59(11,12)13)42-31-43(33-45(32-42)57(5,6)7)50-34-41(28-29-60-50)39-22-25-44(26-23-39)56(2,3)4;/h14-30,32-36,63H,1-13H3;/q-1;/i1D3,2D3,3D3,4D3;. The van der Waals surface area contributed by atoms with Crippen LogP contribution >= 0.6 is 0 Å². The number of aromatic nitrogens is 3. The van der Waals surface area contributed by atoms with Gasteiger partial charge in [-0.1, -0.05) is 179 Å². The molecule has 0 radical (unpaired) electrons. The Morgan fingerprint density at radius 1 is 0.562 bits per heavy atom. The van der Waals surface area contributed by atoms with Gasteiger partial charge in [-0.2, -0.15) is 0 Å². The van der Waals surface area contributed by atoms with Crippen LogP contribution in [0.5, 0.6) is 5.75 Å². The zero-order valence-electron chi connectivity index (χ0n) is 49.8. The van der Waals surface area contributed by atoms with E-state index in [1.54, 1.807) is 18.3 Å². The van der Waals surface area contributed by atoms with Gasteiger partial charge in [0, 0.05) is 55.0 Å². The van der Waals surface area contributed by atoms with Crippen molar-refractivity contribution in [3.8, 4) is 67.5 Å². The van der Waals surface area contributed by atoms with Gasteiger partial charge in [-0.05, 0) is 97.8 Å². The van der Waals surface area contributed by atoms with E-state index >= 15 is 0 Å². The molecular weight excluding hydrogens is 962 g/mol. The van der Waals surface area contributed by atoms with Crippen molar-refractivity contribution in [2.75, 3.05) is 0 Å². The number of benzene rings is 6. The van der Waals surface area contributed by atoms with Crippen LogP contribution in [0, 0.1) is 12.9 Å². The summed E-state index contributed by atoms with van der Waals surface area (Å²) in [5.41, 5.74) is 5.31. The van der Waals surface area contributed by atoms with Crippen molar-refractivity contribution in [2.45, 2.75) is 111 Å². The summed E-state index contributed by atoms with van der Waals surface area (Å²) in [5, 5.41) is 12.5. The molecule has 1 N–H and O–H groups in total. The maximum absolute atomic E-state index is 12.5. The van der Waals surface area contributed by atoms with E-state index in [4.69, 9.17) is 26.4 Å². The van der Waals surface area contributed by atoms with Crippen molar-refractivity contribution in [3.05, 3.63) is 167 Å². The third-order valence-electron chi connectivity index (χ3n) is 11.8. The zero-order chi connectivity index (χ0) is 55.2. The van der Waals surface area contributed by atoms with E-state index in [-0.39, 0.29) is 48.8 Å². The Balaban J connectivity index is 0.00000840. The molecule has 2 heterocycles. The molecule has 5 heteroatoms. The predicted molar refractivity (Wildman–Crippen MR) is 266 cm³/mol. The first-order chi connectivity index (χ1) is 34.5. The summed E-state index contributed by atoms with van der Waals surface area (Å²) < 4.78 is 102. The number of aromatic hydroxyl groups is 1. The summed E-state index contributed by atoms with van der Waals surface area (Å²) in [4.78, 5) is 10.2. The SMILES string of the molecule is [2H]C([2H])([2H])c1cc(-c2ccccc2)ccc1-n1c(-c2cc(C(C)(C)C)cc(C(C)(C)C)c2O)nc2c(-c3[c-]c(-c4cc(-c5ccc(C(C([2H])([2H])[2H])(C([2H])([2H])[2H])C([2H])([2H])[2H])cc5)ccn4)cc(C(C)(C)C)c3)cccc21.[Pt]. The fourth-order valence-corrected chi connectivity index (χ4v) is 8.05. The number of imidazole rings is 1. The van der Waals surface area contributed by atoms with Gasteiger partial charge >= 0.3 is 0 Å². The molecule has 0 spiro atoms. The molecule has 2 aromatic heterocycles. The second-order valence-electron chi connectivity index (χ2n) is 19.7. The Hall–Kier alpha value is -5.57. The smallest absolute Gasteiger partial charge is 0.148 e. The molecule has 0 bridgehead atoms. The minimum Gasteiger partial charge on any atom is -0.507 e. The first kappa shape index (κ1) is 33.0. The molecule has 8 rings (SSSR count). The number of phenolic OH excluding ortho intramolecular Hbond substituents is 1. The molecule has 330 valence electrons.